The summed E-state index contributed by atoms with van der Waals surface area (Å²) in [6.07, 6.45) is 9.08. The molecule has 0 amide bonds. The van der Waals surface area contributed by atoms with E-state index in [2.05, 4.69) is 17.2 Å². The van der Waals surface area contributed by atoms with E-state index in [1.807, 2.05) is 31.2 Å². The van der Waals surface area contributed by atoms with E-state index in [1.165, 1.54) is 19.3 Å². The third-order valence-corrected chi connectivity index (χ3v) is 9.47. The van der Waals surface area contributed by atoms with E-state index in [-0.39, 0.29) is 5.25 Å². The van der Waals surface area contributed by atoms with Crippen molar-refractivity contribution in [3.8, 4) is 22.5 Å². The Bertz CT molecular complexity index is 1210. The Labute approximate surface area is 189 Å². The van der Waals surface area contributed by atoms with Crippen molar-refractivity contribution in [1.82, 2.24) is 9.71 Å². The smallest absolute Gasteiger partial charge is 0.181 e. The molecule has 2 heterocycles. The van der Waals surface area contributed by atoms with Gasteiger partial charge in [-0.25, -0.2) is 13.4 Å². The largest absolute Gasteiger partial charge is 0.427 e. The van der Waals surface area contributed by atoms with Gasteiger partial charge in [-0.15, -0.1) is 0 Å². The normalized spacial score (nSPS) is 21.7. The zero-order chi connectivity index (χ0) is 22.5. The molecule has 2 fully saturated rings. The Morgan fingerprint density at radius 1 is 1.03 bits per heavy atom. The van der Waals surface area contributed by atoms with E-state index in [4.69, 9.17) is 0 Å². The highest BCUT2D eigenvalue weighted by molar-refractivity contribution is 7.92. The number of fused-ring (bicyclic) bond motifs is 1. The van der Waals surface area contributed by atoms with Crippen molar-refractivity contribution in [2.75, 3.05) is 5.32 Å². The van der Waals surface area contributed by atoms with E-state index in [1.54, 1.807) is 12.3 Å². The number of sulfone groups is 1. The minimum atomic E-state index is -3.31. The number of nitrogens with one attached hydrogen (secondary N) is 1. The van der Waals surface area contributed by atoms with Crippen LogP contribution in [0.5, 0.6) is 0 Å². The van der Waals surface area contributed by atoms with Gasteiger partial charge in [0.15, 0.2) is 15.7 Å². The standard InChI is InChI=1S/C25H31N3O3S/c1-3-17-4-6-18(7-5-17)27-24-11-10-20(32(30,31)19-8-9-19)15-23(24)22-14-16(2)28(29)25-21(22)12-13-26-25/h10-15,17-19,27,29H,3-9H2,1-2H3. The van der Waals surface area contributed by atoms with Crippen LogP contribution in [0, 0.1) is 12.8 Å². The van der Waals surface area contributed by atoms with E-state index in [0.717, 1.165) is 58.7 Å². The molecule has 0 atom stereocenters. The minimum absolute atomic E-state index is 0.254. The molecule has 0 unspecified atom stereocenters. The summed E-state index contributed by atoms with van der Waals surface area (Å²) in [6, 6.07) is 9.65. The lowest BCUT2D eigenvalue weighted by atomic mass is 9.84. The molecule has 2 aliphatic heterocycles. The summed E-state index contributed by atoms with van der Waals surface area (Å²) in [7, 11) is -3.31. The zero-order valence-corrected chi connectivity index (χ0v) is 19.5. The Morgan fingerprint density at radius 2 is 1.78 bits per heavy atom. The molecule has 2 N–H and O–H groups in total. The lowest BCUT2D eigenvalue weighted by Crippen LogP contribution is -2.26. The topological polar surface area (TPSA) is 84.2 Å². The van der Waals surface area contributed by atoms with Gasteiger partial charge in [-0.05, 0) is 87.3 Å². The fraction of sp³-hybridized carbons (Fsp3) is 0.480. The first-order valence-electron chi connectivity index (χ1n) is 11.7. The minimum Gasteiger partial charge on any atom is -0.427 e. The predicted octanol–water partition coefficient (Wildman–Crippen LogP) is 5.52. The highest BCUT2D eigenvalue weighted by atomic mass is 32.2. The molecule has 5 rings (SSSR count). The second-order valence-electron chi connectivity index (χ2n) is 9.42. The Balaban J connectivity index is 1.59. The van der Waals surface area contributed by atoms with Crippen molar-refractivity contribution >= 4 is 15.5 Å². The van der Waals surface area contributed by atoms with Crippen LogP contribution in [-0.4, -0.2) is 34.6 Å². The van der Waals surface area contributed by atoms with Crippen molar-refractivity contribution < 1.29 is 13.6 Å². The fourth-order valence-corrected chi connectivity index (χ4v) is 6.68. The van der Waals surface area contributed by atoms with Crippen molar-refractivity contribution in [2.45, 2.75) is 75.0 Å². The van der Waals surface area contributed by atoms with Crippen LogP contribution in [0.1, 0.15) is 57.6 Å². The quantitative estimate of drug-likeness (QED) is 0.480. The molecule has 4 aliphatic rings. The number of hydrogen-bond donors (Lipinski definition) is 2. The summed E-state index contributed by atoms with van der Waals surface area (Å²) in [5, 5.41) is 13.9. The molecule has 0 saturated heterocycles. The number of aryl methyl sites for hydroxylation is 1. The second kappa shape index (κ2) is 8.10. The monoisotopic (exact) mass is 453 g/mol. The number of nitrogens with zero attached hydrogens (tertiary/aromatic N) is 2. The van der Waals surface area contributed by atoms with Gasteiger partial charge in [0.05, 0.1) is 15.8 Å². The molecule has 0 spiro atoms. The number of benzene rings is 1. The summed E-state index contributed by atoms with van der Waals surface area (Å²) < 4.78 is 27.1. The highest BCUT2D eigenvalue weighted by Gasteiger charge is 2.37. The highest BCUT2D eigenvalue weighted by Crippen LogP contribution is 2.42. The molecule has 1 aromatic rings. The number of rotatable bonds is 6. The number of pyridine rings is 1. The Kier molecular flexibility index (Phi) is 5.40. The van der Waals surface area contributed by atoms with Gasteiger partial charge >= 0.3 is 0 Å². The number of hydrogen-bond acceptors (Lipinski definition) is 5. The fourth-order valence-electron chi connectivity index (χ4n) is 5.00. The van der Waals surface area contributed by atoms with Crippen LogP contribution in [-0.2, 0) is 9.84 Å². The van der Waals surface area contributed by atoms with E-state index in [9.17, 15) is 13.6 Å². The summed E-state index contributed by atoms with van der Waals surface area (Å²) in [5.41, 5.74) is 4.13. The van der Waals surface area contributed by atoms with Crippen molar-refractivity contribution in [2.24, 2.45) is 5.92 Å². The lowest BCUT2D eigenvalue weighted by Gasteiger charge is -2.30. The number of anilines is 1. The van der Waals surface area contributed by atoms with Crippen LogP contribution in [0.4, 0.5) is 5.69 Å². The molecule has 7 heteroatoms. The molecule has 170 valence electrons. The molecule has 0 aromatic heterocycles. The summed E-state index contributed by atoms with van der Waals surface area (Å²) in [5.74, 6) is 1.29. The molecule has 0 radical (unpaired) electrons. The summed E-state index contributed by atoms with van der Waals surface area (Å²) in [6.45, 7) is 4.08. The van der Waals surface area contributed by atoms with Crippen LogP contribution >= 0.6 is 0 Å². The van der Waals surface area contributed by atoms with Gasteiger partial charge in [0.25, 0.3) is 0 Å². The Morgan fingerprint density at radius 3 is 2.47 bits per heavy atom. The van der Waals surface area contributed by atoms with Crippen molar-refractivity contribution in [3.63, 3.8) is 0 Å². The molecule has 2 aliphatic carbocycles. The van der Waals surface area contributed by atoms with Crippen LogP contribution in [0.3, 0.4) is 0 Å². The predicted molar refractivity (Wildman–Crippen MR) is 126 cm³/mol. The van der Waals surface area contributed by atoms with E-state index < -0.39 is 9.84 Å². The third-order valence-electron chi connectivity index (χ3n) is 7.21. The summed E-state index contributed by atoms with van der Waals surface area (Å²) >= 11 is 0. The molecule has 0 bridgehead atoms. The SMILES string of the molecule is CCC1CCC(Nc2ccc(S(=O)(=O)C3CC3)cc2-c2cc(C)n(O)c3nccc2-3)CC1. The first-order valence-corrected chi connectivity index (χ1v) is 13.2. The molecule has 2 saturated carbocycles. The summed E-state index contributed by atoms with van der Waals surface area (Å²) in [4.78, 5) is 4.69. The molecular formula is C25H31N3O3S. The van der Waals surface area contributed by atoms with E-state index >= 15 is 0 Å². The van der Waals surface area contributed by atoms with Gasteiger partial charge in [-0.2, -0.15) is 4.73 Å². The van der Waals surface area contributed by atoms with Gasteiger partial charge in [0.2, 0.25) is 0 Å². The molecule has 32 heavy (non-hydrogen) atoms. The van der Waals surface area contributed by atoms with Gasteiger partial charge in [-0.3, -0.25) is 0 Å². The van der Waals surface area contributed by atoms with Crippen LogP contribution < -0.4 is 5.32 Å². The maximum Gasteiger partial charge on any atom is 0.181 e. The maximum absolute atomic E-state index is 13.0. The second-order valence-corrected chi connectivity index (χ2v) is 11.6. The first-order chi connectivity index (χ1) is 15.4. The Hall–Kier alpha value is -2.54. The first kappa shape index (κ1) is 21.3. The lowest BCUT2D eigenvalue weighted by molar-refractivity contribution is 0.180. The van der Waals surface area contributed by atoms with Gasteiger partial charge in [0, 0.05) is 29.1 Å². The average molecular weight is 454 g/mol. The van der Waals surface area contributed by atoms with Crippen LogP contribution in [0.25, 0.3) is 22.5 Å². The number of aromatic nitrogens is 2. The molecular weight excluding hydrogens is 422 g/mol. The van der Waals surface area contributed by atoms with Gasteiger partial charge in [0.1, 0.15) is 0 Å². The third kappa shape index (κ3) is 3.76. The van der Waals surface area contributed by atoms with Crippen LogP contribution in [0.15, 0.2) is 41.4 Å². The molecule has 1 aromatic carbocycles. The van der Waals surface area contributed by atoms with Crippen molar-refractivity contribution in [3.05, 3.63) is 42.2 Å². The average Bonchev–Trinajstić information content (AvgIpc) is 3.55. The van der Waals surface area contributed by atoms with Gasteiger partial charge in [-0.1, -0.05) is 13.3 Å². The zero-order valence-electron chi connectivity index (χ0n) is 18.7. The maximum atomic E-state index is 13.0. The molecule has 6 nitrogen and oxygen atoms in total. The van der Waals surface area contributed by atoms with Crippen molar-refractivity contribution in [1.29, 1.82) is 0 Å². The van der Waals surface area contributed by atoms with E-state index in [0.29, 0.717) is 22.5 Å². The van der Waals surface area contributed by atoms with Crippen LogP contribution in [0.2, 0.25) is 0 Å². The van der Waals surface area contributed by atoms with Gasteiger partial charge < -0.3 is 10.5 Å².